The van der Waals surface area contributed by atoms with E-state index in [2.05, 4.69) is 41.3 Å². The van der Waals surface area contributed by atoms with Gasteiger partial charge in [0.2, 0.25) is 5.88 Å². The number of fused-ring (bicyclic) bond motifs is 1. The van der Waals surface area contributed by atoms with Crippen LogP contribution in [0.1, 0.15) is 23.2 Å². The topological polar surface area (TPSA) is 41.3 Å². The molecular formula is C21H23N3O. The standard InChI is InChI=1S/C21H23N3O/c1-23(15-16-8-4-2-5-9-16)18-12-13-20-19(14-18)21(25)24(22-20)17-10-6-3-7-11-17/h2-11,18,25H,12-15H2,1H3. The lowest BCUT2D eigenvalue weighted by Gasteiger charge is -2.30. The van der Waals surface area contributed by atoms with E-state index in [0.29, 0.717) is 11.9 Å². The van der Waals surface area contributed by atoms with Crippen molar-refractivity contribution < 1.29 is 5.11 Å². The fraction of sp³-hybridized carbons (Fsp3) is 0.286. The molecule has 25 heavy (non-hydrogen) atoms. The van der Waals surface area contributed by atoms with Gasteiger partial charge in [-0.25, -0.2) is 4.68 Å². The van der Waals surface area contributed by atoms with Gasteiger partial charge in [0.1, 0.15) is 0 Å². The van der Waals surface area contributed by atoms with Crippen LogP contribution in [-0.2, 0) is 19.4 Å². The molecule has 128 valence electrons. The number of nitrogens with zero attached hydrogens (tertiary/aromatic N) is 3. The van der Waals surface area contributed by atoms with Crippen LogP contribution in [0.4, 0.5) is 0 Å². The molecule has 0 radical (unpaired) electrons. The second-order valence-corrected chi connectivity index (χ2v) is 6.79. The Labute approximate surface area is 148 Å². The van der Waals surface area contributed by atoms with Crippen LogP contribution in [0, 0.1) is 0 Å². The summed E-state index contributed by atoms with van der Waals surface area (Å²) in [7, 11) is 2.17. The van der Waals surface area contributed by atoms with Crippen molar-refractivity contribution in [3.63, 3.8) is 0 Å². The summed E-state index contributed by atoms with van der Waals surface area (Å²) in [6, 6.07) is 20.8. The molecule has 0 amide bonds. The maximum Gasteiger partial charge on any atom is 0.217 e. The van der Waals surface area contributed by atoms with Gasteiger partial charge in [0.15, 0.2) is 0 Å². The fourth-order valence-corrected chi connectivity index (χ4v) is 3.66. The zero-order valence-corrected chi connectivity index (χ0v) is 14.5. The zero-order chi connectivity index (χ0) is 17.2. The molecule has 1 aliphatic rings. The van der Waals surface area contributed by atoms with Crippen LogP contribution in [0.2, 0.25) is 0 Å². The summed E-state index contributed by atoms with van der Waals surface area (Å²) in [5.74, 6) is 0.291. The third-order valence-corrected chi connectivity index (χ3v) is 5.09. The molecule has 1 heterocycles. The summed E-state index contributed by atoms with van der Waals surface area (Å²) in [6.07, 6.45) is 2.82. The highest BCUT2D eigenvalue weighted by Gasteiger charge is 2.28. The van der Waals surface area contributed by atoms with Gasteiger partial charge in [0, 0.05) is 18.2 Å². The molecule has 0 spiro atoms. The molecular weight excluding hydrogens is 310 g/mol. The van der Waals surface area contributed by atoms with E-state index in [-0.39, 0.29) is 0 Å². The van der Waals surface area contributed by atoms with Crippen LogP contribution in [0.15, 0.2) is 60.7 Å². The van der Waals surface area contributed by atoms with Gasteiger partial charge in [-0.1, -0.05) is 48.5 Å². The second kappa shape index (κ2) is 6.73. The van der Waals surface area contributed by atoms with E-state index in [9.17, 15) is 5.11 Å². The number of hydrogen-bond acceptors (Lipinski definition) is 3. The Morgan fingerprint density at radius 1 is 1.08 bits per heavy atom. The molecule has 0 bridgehead atoms. The lowest BCUT2D eigenvalue weighted by atomic mass is 9.92. The first-order chi connectivity index (χ1) is 12.2. The number of aryl methyl sites for hydroxylation is 1. The van der Waals surface area contributed by atoms with Crippen LogP contribution in [0.3, 0.4) is 0 Å². The number of aromatic nitrogens is 2. The SMILES string of the molecule is CN(Cc1ccccc1)C1CCc2nn(-c3ccccc3)c(O)c2C1. The Kier molecular flexibility index (Phi) is 4.28. The minimum atomic E-state index is 0.291. The van der Waals surface area contributed by atoms with E-state index >= 15 is 0 Å². The van der Waals surface area contributed by atoms with Gasteiger partial charge >= 0.3 is 0 Å². The predicted octanol–water partition coefficient (Wildman–Crippen LogP) is 3.57. The average Bonchev–Trinajstić information content (AvgIpc) is 2.99. The van der Waals surface area contributed by atoms with Crippen molar-refractivity contribution in [1.29, 1.82) is 0 Å². The molecule has 3 aromatic rings. The molecule has 1 aliphatic carbocycles. The van der Waals surface area contributed by atoms with Gasteiger partial charge in [0.05, 0.1) is 11.4 Å². The maximum absolute atomic E-state index is 10.7. The molecule has 0 saturated heterocycles. The van der Waals surface area contributed by atoms with Crippen molar-refractivity contribution in [1.82, 2.24) is 14.7 Å². The van der Waals surface area contributed by atoms with Gasteiger partial charge in [-0.15, -0.1) is 0 Å². The normalized spacial score (nSPS) is 16.8. The molecule has 1 aromatic heterocycles. The summed E-state index contributed by atoms with van der Waals surface area (Å²) in [4.78, 5) is 2.39. The van der Waals surface area contributed by atoms with Crippen molar-refractivity contribution in [2.45, 2.75) is 31.8 Å². The number of hydrogen-bond donors (Lipinski definition) is 1. The van der Waals surface area contributed by atoms with Crippen molar-refractivity contribution in [3.05, 3.63) is 77.5 Å². The van der Waals surface area contributed by atoms with Crippen molar-refractivity contribution in [2.75, 3.05) is 7.05 Å². The van der Waals surface area contributed by atoms with Gasteiger partial charge in [-0.05, 0) is 44.0 Å². The third kappa shape index (κ3) is 3.17. The summed E-state index contributed by atoms with van der Waals surface area (Å²) in [5, 5.41) is 15.3. The molecule has 4 nitrogen and oxygen atoms in total. The summed E-state index contributed by atoms with van der Waals surface area (Å²) in [5.41, 5.74) is 4.26. The van der Waals surface area contributed by atoms with E-state index in [1.54, 1.807) is 4.68 Å². The molecule has 4 rings (SSSR count). The summed E-state index contributed by atoms with van der Waals surface area (Å²) >= 11 is 0. The van der Waals surface area contributed by atoms with Gasteiger partial charge < -0.3 is 5.11 Å². The lowest BCUT2D eigenvalue weighted by Crippen LogP contribution is -2.35. The molecule has 0 saturated carbocycles. The molecule has 0 aliphatic heterocycles. The van der Waals surface area contributed by atoms with Gasteiger partial charge in [0.25, 0.3) is 0 Å². The Morgan fingerprint density at radius 2 is 1.76 bits per heavy atom. The van der Waals surface area contributed by atoms with E-state index in [1.807, 2.05) is 36.4 Å². The third-order valence-electron chi connectivity index (χ3n) is 5.09. The minimum absolute atomic E-state index is 0.291. The maximum atomic E-state index is 10.7. The number of rotatable bonds is 4. The first-order valence-electron chi connectivity index (χ1n) is 8.81. The number of aromatic hydroxyl groups is 1. The Hall–Kier alpha value is -2.59. The van der Waals surface area contributed by atoms with E-state index < -0.39 is 0 Å². The van der Waals surface area contributed by atoms with Crippen LogP contribution < -0.4 is 0 Å². The lowest BCUT2D eigenvalue weighted by molar-refractivity contribution is 0.212. The molecule has 1 atom stereocenters. The van der Waals surface area contributed by atoms with Gasteiger partial charge in [-0.2, -0.15) is 5.10 Å². The van der Waals surface area contributed by atoms with Crippen molar-refractivity contribution in [3.8, 4) is 11.6 Å². The second-order valence-electron chi connectivity index (χ2n) is 6.79. The van der Waals surface area contributed by atoms with Crippen LogP contribution in [-0.4, -0.2) is 32.9 Å². The Bertz CT molecular complexity index is 842. The molecule has 1 N–H and O–H groups in total. The smallest absolute Gasteiger partial charge is 0.217 e. The first kappa shape index (κ1) is 15.9. The summed E-state index contributed by atoms with van der Waals surface area (Å²) < 4.78 is 1.67. The molecule has 4 heteroatoms. The fourth-order valence-electron chi connectivity index (χ4n) is 3.66. The largest absolute Gasteiger partial charge is 0.493 e. The van der Waals surface area contributed by atoms with Gasteiger partial charge in [-0.3, -0.25) is 4.90 Å². The minimum Gasteiger partial charge on any atom is -0.493 e. The highest BCUT2D eigenvalue weighted by atomic mass is 16.3. The highest BCUT2D eigenvalue weighted by molar-refractivity contribution is 5.42. The van der Waals surface area contributed by atoms with E-state index in [1.165, 1.54) is 5.56 Å². The van der Waals surface area contributed by atoms with Crippen LogP contribution in [0.5, 0.6) is 5.88 Å². The number of likely N-dealkylation sites (N-methyl/N-ethyl adjacent to an activating group) is 1. The molecule has 2 aromatic carbocycles. The Balaban J connectivity index is 1.54. The number of benzene rings is 2. The van der Waals surface area contributed by atoms with E-state index in [0.717, 1.165) is 42.8 Å². The average molecular weight is 333 g/mol. The van der Waals surface area contributed by atoms with Crippen molar-refractivity contribution >= 4 is 0 Å². The Morgan fingerprint density at radius 3 is 2.48 bits per heavy atom. The molecule has 1 unspecified atom stereocenters. The van der Waals surface area contributed by atoms with Crippen LogP contribution >= 0.6 is 0 Å². The monoisotopic (exact) mass is 333 g/mol. The van der Waals surface area contributed by atoms with E-state index in [4.69, 9.17) is 0 Å². The number of para-hydroxylation sites is 1. The predicted molar refractivity (Wildman–Crippen MR) is 99.0 cm³/mol. The summed E-state index contributed by atoms with van der Waals surface area (Å²) in [6.45, 7) is 0.925. The highest BCUT2D eigenvalue weighted by Crippen LogP contribution is 2.32. The molecule has 0 fully saturated rings. The van der Waals surface area contributed by atoms with Crippen LogP contribution in [0.25, 0.3) is 5.69 Å². The quantitative estimate of drug-likeness (QED) is 0.793. The van der Waals surface area contributed by atoms with Crippen molar-refractivity contribution in [2.24, 2.45) is 0 Å². The first-order valence-corrected chi connectivity index (χ1v) is 8.81. The zero-order valence-electron chi connectivity index (χ0n) is 14.5.